The SMILES string of the molecule is CCNC1COCC1C(=O)NCC1(C)CCCS1. The Bertz CT molecular complexity index is 293. The fourth-order valence-corrected chi connectivity index (χ4v) is 3.90. The van der Waals surface area contributed by atoms with Crippen LogP contribution in [0.25, 0.3) is 0 Å². The summed E-state index contributed by atoms with van der Waals surface area (Å²) >= 11 is 1.98. The number of nitrogens with one attached hydrogen (secondary N) is 2. The molecule has 2 fully saturated rings. The lowest BCUT2D eigenvalue weighted by Crippen LogP contribution is -2.46. The molecule has 3 unspecified atom stereocenters. The van der Waals surface area contributed by atoms with Crippen LogP contribution >= 0.6 is 11.8 Å². The second-order valence-electron chi connectivity index (χ2n) is 5.43. The van der Waals surface area contributed by atoms with Crippen molar-refractivity contribution in [1.82, 2.24) is 10.6 Å². The first-order valence-corrected chi connectivity index (χ1v) is 7.86. The zero-order chi connectivity index (χ0) is 13.0. The molecule has 0 spiro atoms. The molecule has 18 heavy (non-hydrogen) atoms. The molecule has 4 nitrogen and oxygen atoms in total. The van der Waals surface area contributed by atoms with Gasteiger partial charge in [0.1, 0.15) is 0 Å². The smallest absolute Gasteiger partial charge is 0.227 e. The molecule has 3 atom stereocenters. The van der Waals surface area contributed by atoms with Crippen LogP contribution < -0.4 is 10.6 Å². The molecule has 0 aromatic carbocycles. The molecule has 0 bridgehead atoms. The lowest BCUT2D eigenvalue weighted by atomic mass is 10.0. The van der Waals surface area contributed by atoms with Gasteiger partial charge in [-0.25, -0.2) is 0 Å². The molecule has 2 aliphatic rings. The summed E-state index contributed by atoms with van der Waals surface area (Å²) in [6.07, 6.45) is 2.47. The number of ether oxygens (including phenoxy) is 1. The van der Waals surface area contributed by atoms with Crippen LogP contribution in [0, 0.1) is 5.92 Å². The van der Waals surface area contributed by atoms with Crippen LogP contribution in [0.2, 0.25) is 0 Å². The molecule has 2 saturated heterocycles. The summed E-state index contributed by atoms with van der Waals surface area (Å²) in [6.45, 7) is 7.17. The predicted octanol–water partition coefficient (Wildman–Crippen LogP) is 1.01. The highest BCUT2D eigenvalue weighted by atomic mass is 32.2. The van der Waals surface area contributed by atoms with Crippen LogP contribution in [0.3, 0.4) is 0 Å². The van der Waals surface area contributed by atoms with Gasteiger partial charge in [-0.05, 0) is 32.1 Å². The molecule has 0 aliphatic carbocycles. The third kappa shape index (κ3) is 3.39. The van der Waals surface area contributed by atoms with Gasteiger partial charge >= 0.3 is 0 Å². The Morgan fingerprint density at radius 1 is 1.50 bits per heavy atom. The first kappa shape index (κ1) is 14.2. The Hall–Kier alpha value is -0.260. The summed E-state index contributed by atoms with van der Waals surface area (Å²) in [5, 5.41) is 6.44. The van der Waals surface area contributed by atoms with Gasteiger partial charge in [0.05, 0.1) is 19.1 Å². The lowest BCUT2D eigenvalue weighted by Gasteiger charge is -2.25. The average Bonchev–Trinajstić information content (AvgIpc) is 2.97. The first-order valence-electron chi connectivity index (χ1n) is 6.87. The molecule has 2 aliphatic heterocycles. The predicted molar refractivity (Wildman–Crippen MR) is 74.9 cm³/mol. The average molecular weight is 272 g/mol. The largest absolute Gasteiger partial charge is 0.379 e. The number of hydrogen-bond donors (Lipinski definition) is 2. The Morgan fingerprint density at radius 2 is 2.33 bits per heavy atom. The highest BCUT2D eigenvalue weighted by Gasteiger charge is 2.35. The van der Waals surface area contributed by atoms with E-state index in [0.29, 0.717) is 13.2 Å². The van der Waals surface area contributed by atoms with Crippen molar-refractivity contribution < 1.29 is 9.53 Å². The molecule has 104 valence electrons. The summed E-state index contributed by atoms with van der Waals surface area (Å²) in [4.78, 5) is 12.2. The van der Waals surface area contributed by atoms with Crippen molar-refractivity contribution in [2.75, 3.05) is 32.1 Å². The standard InChI is InChI=1S/C13H24N2O2S/c1-3-14-11-8-17-7-10(11)12(16)15-9-13(2)5-4-6-18-13/h10-11,14H,3-9H2,1-2H3,(H,15,16). The number of hydrogen-bond acceptors (Lipinski definition) is 4. The van der Waals surface area contributed by atoms with Gasteiger partial charge in [-0.2, -0.15) is 11.8 Å². The molecule has 0 aromatic heterocycles. The fourth-order valence-electron chi connectivity index (χ4n) is 2.66. The lowest BCUT2D eigenvalue weighted by molar-refractivity contribution is -0.125. The number of rotatable bonds is 5. The van der Waals surface area contributed by atoms with E-state index in [0.717, 1.165) is 13.1 Å². The maximum atomic E-state index is 12.2. The summed E-state index contributed by atoms with van der Waals surface area (Å²) in [7, 11) is 0. The maximum Gasteiger partial charge on any atom is 0.227 e. The number of carbonyl (C=O) groups excluding carboxylic acids is 1. The van der Waals surface area contributed by atoms with Crippen molar-refractivity contribution in [3.8, 4) is 0 Å². The Kier molecular flexibility index (Phi) is 4.92. The van der Waals surface area contributed by atoms with Crippen LogP contribution in [0.1, 0.15) is 26.7 Å². The summed E-state index contributed by atoms with van der Waals surface area (Å²) in [6, 6.07) is 0.180. The van der Waals surface area contributed by atoms with Crippen molar-refractivity contribution in [3.63, 3.8) is 0 Å². The maximum absolute atomic E-state index is 12.2. The van der Waals surface area contributed by atoms with Gasteiger partial charge in [-0.3, -0.25) is 4.79 Å². The molecule has 2 heterocycles. The van der Waals surface area contributed by atoms with E-state index in [4.69, 9.17) is 4.74 Å². The topological polar surface area (TPSA) is 50.4 Å². The normalized spacial score (nSPS) is 35.9. The van der Waals surface area contributed by atoms with Crippen molar-refractivity contribution >= 4 is 17.7 Å². The van der Waals surface area contributed by atoms with Crippen molar-refractivity contribution in [1.29, 1.82) is 0 Å². The summed E-state index contributed by atoms with van der Waals surface area (Å²) in [5.74, 6) is 1.34. The zero-order valence-electron chi connectivity index (χ0n) is 11.3. The van der Waals surface area contributed by atoms with E-state index in [1.807, 2.05) is 11.8 Å². The van der Waals surface area contributed by atoms with Gasteiger partial charge in [0.15, 0.2) is 0 Å². The summed E-state index contributed by atoms with van der Waals surface area (Å²) in [5.41, 5.74) is 0. The molecule has 0 radical (unpaired) electrons. The third-order valence-electron chi connectivity index (χ3n) is 3.82. The van der Waals surface area contributed by atoms with Crippen LogP contribution in [-0.4, -0.2) is 48.8 Å². The van der Waals surface area contributed by atoms with Gasteiger partial charge in [0.25, 0.3) is 0 Å². The second kappa shape index (κ2) is 6.26. The van der Waals surface area contributed by atoms with E-state index in [1.54, 1.807) is 0 Å². The van der Waals surface area contributed by atoms with Crippen LogP contribution in [-0.2, 0) is 9.53 Å². The van der Waals surface area contributed by atoms with E-state index < -0.39 is 0 Å². The number of thioether (sulfide) groups is 1. The Balaban J connectivity index is 1.80. The minimum absolute atomic E-state index is 0.0278. The van der Waals surface area contributed by atoms with E-state index in [1.165, 1.54) is 18.6 Å². The van der Waals surface area contributed by atoms with Crippen molar-refractivity contribution in [3.05, 3.63) is 0 Å². The van der Waals surface area contributed by atoms with Crippen molar-refractivity contribution in [2.24, 2.45) is 5.92 Å². The highest BCUT2D eigenvalue weighted by molar-refractivity contribution is 8.00. The van der Waals surface area contributed by atoms with Gasteiger partial charge in [0.2, 0.25) is 5.91 Å². The van der Waals surface area contributed by atoms with Gasteiger partial charge < -0.3 is 15.4 Å². The molecule has 2 rings (SSSR count). The number of amides is 1. The molecule has 0 saturated carbocycles. The van der Waals surface area contributed by atoms with Gasteiger partial charge in [-0.15, -0.1) is 0 Å². The quantitative estimate of drug-likeness (QED) is 0.784. The molecule has 0 aromatic rings. The molecule has 5 heteroatoms. The Morgan fingerprint density at radius 3 is 3.00 bits per heavy atom. The van der Waals surface area contributed by atoms with Crippen molar-refractivity contribution in [2.45, 2.75) is 37.5 Å². The minimum Gasteiger partial charge on any atom is -0.379 e. The summed E-state index contributed by atoms with van der Waals surface area (Å²) < 4.78 is 5.65. The molecule has 2 N–H and O–H groups in total. The first-order chi connectivity index (χ1) is 8.64. The van der Waals surface area contributed by atoms with E-state index >= 15 is 0 Å². The zero-order valence-corrected chi connectivity index (χ0v) is 12.1. The fraction of sp³-hybridized carbons (Fsp3) is 0.923. The molecular weight excluding hydrogens is 248 g/mol. The molecular formula is C13H24N2O2S. The monoisotopic (exact) mass is 272 g/mol. The van der Waals surface area contributed by atoms with E-state index in [-0.39, 0.29) is 22.6 Å². The van der Waals surface area contributed by atoms with Crippen LogP contribution in [0.5, 0.6) is 0 Å². The van der Waals surface area contributed by atoms with Gasteiger partial charge in [-0.1, -0.05) is 6.92 Å². The third-order valence-corrected chi connectivity index (χ3v) is 5.36. The van der Waals surface area contributed by atoms with Crippen LogP contribution in [0.4, 0.5) is 0 Å². The van der Waals surface area contributed by atoms with Crippen LogP contribution in [0.15, 0.2) is 0 Å². The highest BCUT2D eigenvalue weighted by Crippen LogP contribution is 2.37. The van der Waals surface area contributed by atoms with E-state index in [9.17, 15) is 4.79 Å². The van der Waals surface area contributed by atoms with E-state index in [2.05, 4.69) is 24.5 Å². The second-order valence-corrected chi connectivity index (χ2v) is 7.11. The van der Waals surface area contributed by atoms with Gasteiger partial charge in [0, 0.05) is 17.3 Å². The number of likely N-dealkylation sites (N-methyl/N-ethyl adjacent to an activating group) is 1. The minimum atomic E-state index is -0.0278. The molecule has 1 amide bonds. The number of carbonyl (C=O) groups is 1. The Labute approximate surface area is 114 Å².